The van der Waals surface area contributed by atoms with Crippen LogP contribution in [0.5, 0.6) is 0 Å². The van der Waals surface area contributed by atoms with E-state index >= 15 is 0 Å². The van der Waals surface area contributed by atoms with Gasteiger partial charge in [-0.3, -0.25) is 0 Å². The van der Waals surface area contributed by atoms with Gasteiger partial charge in [0.25, 0.3) is 0 Å². The molecular weight excluding hydrogens is 669 g/mol. The predicted molar refractivity (Wildman–Crippen MR) is 211 cm³/mol. The van der Waals surface area contributed by atoms with Crippen molar-refractivity contribution in [1.29, 1.82) is 0 Å². The molecule has 18 nitrogen and oxygen atoms in total. The Balaban J connectivity index is -0.0000000459. The fourth-order valence-electron chi connectivity index (χ4n) is 1.43. The molecule has 0 saturated carbocycles. The zero-order valence-corrected chi connectivity index (χ0v) is 33.2. The van der Waals surface area contributed by atoms with Crippen molar-refractivity contribution in [3.05, 3.63) is 0 Å². The smallest absolute Gasteiger partial charge is 0.473 e. The van der Waals surface area contributed by atoms with Crippen LogP contribution in [0.1, 0.15) is 138 Å². The lowest BCUT2D eigenvalue weighted by atomic mass is 10.3. The number of carboxylic acids is 4. The first-order valence-corrected chi connectivity index (χ1v) is 17.8. The number of unbranched alkanes of at least 4 members (excludes halogenated alkanes) is 7. The Labute approximate surface area is 310 Å². The molecule has 21 N–H and O–H groups in total. The van der Waals surface area contributed by atoms with Crippen molar-refractivity contribution in [3.63, 3.8) is 0 Å². The summed E-state index contributed by atoms with van der Waals surface area (Å²) >= 11 is 0. The lowest BCUT2D eigenvalue weighted by Gasteiger charge is -1.80. The number of carboxylic acid groups (broad SMARTS) is 4. The van der Waals surface area contributed by atoms with Crippen LogP contribution < -0.4 is 40.1 Å². The highest BCUT2D eigenvalue weighted by Crippen LogP contribution is 1.79. The van der Waals surface area contributed by atoms with Crippen LogP contribution >= 0.6 is 0 Å². The van der Waals surface area contributed by atoms with Gasteiger partial charge in [-0.05, 0) is 90.8 Å². The molecule has 0 spiro atoms. The maximum atomic E-state index is 9.10. The van der Waals surface area contributed by atoms with E-state index < -0.39 is 31.2 Å². The quantitative estimate of drug-likeness (QED) is 0.0881. The van der Waals surface area contributed by atoms with Gasteiger partial charge < -0.3 is 75.6 Å². The van der Waals surface area contributed by atoms with Gasteiger partial charge >= 0.3 is 31.2 Å². The minimum absolute atomic E-state index is 0.844. The zero-order chi connectivity index (χ0) is 42.7. The van der Waals surface area contributed by atoms with Crippen molar-refractivity contribution < 1.29 is 54.7 Å². The van der Waals surface area contributed by atoms with Crippen LogP contribution in [0.4, 0.5) is 0 Å². The first kappa shape index (κ1) is 73.9. The average Bonchev–Trinajstić information content (AvgIpc) is 3.06. The fourth-order valence-corrected chi connectivity index (χ4v) is 1.43. The Morgan fingerprint density at radius 2 is 0.412 bits per heavy atom. The van der Waals surface area contributed by atoms with Gasteiger partial charge in [-0.25, -0.2) is 19.2 Å². The predicted octanol–water partition coefficient (Wildman–Crippen LogP) is 1.48. The highest BCUT2D eigenvalue weighted by atomic mass is 16.5. The van der Waals surface area contributed by atoms with E-state index in [1.165, 1.54) is 89.9 Å². The minimum atomic E-state index is -2.17. The standard InChI is InChI=1S/7C4H11N.2C2H2O4.BH3O3/c7*1-2-3-4-5;2*3-1(4)2(5)6;2-1(3)4/h7*2-5H2,1H3;2*(H,3,4)(H,5,6);2-4H. The van der Waals surface area contributed by atoms with Gasteiger partial charge in [0, 0.05) is 0 Å². The molecule has 0 aromatic heterocycles. The molecule has 0 aromatic carbocycles. The lowest BCUT2D eigenvalue weighted by Crippen LogP contribution is -2.09. The van der Waals surface area contributed by atoms with Gasteiger partial charge in [-0.2, -0.15) is 0 Å². The summed E-state index contributed by atoms with van der Waals surface area (Å²) in [5.74, 6) is -7.30. The molecule has 51 heavy (non-hydrogen) atoms. The van der Waals surface area contributed by atoms with Gasteiger partial charge in [-0.1, -0.05) is 93.4 Å². The molecule has 0 saturated heterocycles. The first-order chi connectivity index (χ1) is 23.9. The SMILES string of the molecule is CCCCN.CCCCN.CCCCN.CCCCN.CCCCN.CCCCN.CCCCN.O=C(O)C(=O)O.O=C(O)C(=O)O.OB(O)O. The maximum absolute atomic E-state index is 9.10. The monoisotopic (exact) mass is 754 g/mol. The third-order valence-corrected chi connectivity index (χ3v) is 4.27. The molecular formula is C32H84BN7O11. The molecule has 0 atom stereocenters. The summed E-state index contributed by atoms with van der Waals surface area (Å²) in [7, 11) is -2.17. The number of hydrogen-bond acceptors (Lipinski definition) is 14. The minimum Gasteiger partial charge on any atom is -0.473 e. The van der Waals surface area contributed by atoms with E-state index in [0.29, 0.717) is 0 Å². The van der Waals surface area contributed by atoms with Gasteiger partial charge in [-0.15, -0.1) is 0 Å². The van der Waals surface area contributed by atoms with E-state index in [0.717, 1.165) is 45.8 Å². The number of rotatable bonds is 14. The molecule has 0 bridgehead atoms. The summed E-state index contributed by atoms with van der Waals surface area (Å²) in [6.45, 7) is 20.8. The van der Waals surface area contributed by atoms with Crippen molar-refractivity contribution >= 4 is 31.2 Å². The Morgan fingerprint density at radius 1 is 0.333 bits per heavy atom. The Bertz CT molecular complexity index is 466. The van der Waals surface area contributed by atoms with Gasteiger partial charge in [0.15, 0.2) is 0 Å². The van der Waals surface area contributed by atoms with E-state index in [4.69, 9.17) is 94.8 Å². The topological polar surface area (TPSA) is 392 Å². The number of hydrogen-bond donors (Lipinski definition) is 14. The van der Waals surface area contributed by atoms with E-state index in [9.17, 15) is 0 Å². The number of aliphatic carboxylic acids is 4. The van der Waals surface area contributed by atoms with E-state index in [1.54, 1.807) is 0 Å². The number of carbonyl (C=O) groups is 4. The molecule has 0 aliphatic heterocycles. The molecule has 316 valence electrons. The van der Waals surface area contributed by atoms with Crippen LogP contribution in [0.3, 0.4) is 0 Å². The van der Waals surface area contributed by atoms with Crippen molar-refractivity contribution in [2.75, 3.05) is 45.8 Å². The van der Waals surface area contributed by atoms with Crippen LogP contribution in [0, 0.1) is 0 Å². The lowest BCUT2D eigenvalue weighted by molar-refractivity contribution is -0.159. The van der Waals surface area contributed by atoms with Crippen molar-refractivity contribution in [1.82, 2.24) is 0 Å². The highest BCUT2D eigenvalue weighted by molar-refractivity contribution is 6.30. The Kier molecular flexibility index (Phi) is 133. The summed E-state index contributed by atoms with van der Waals surface area (Å²) in [5.41, 5.74) is 36.0. The van der Waals surface area contributed by atoms with Gasteiger partial charge in [0.2, 0.25) is 0 Å². The van der Waals surface area contributed by atoms with Crippen molar-refractivity contribution in [2.45, 2.75) is 138 Å². The summed E-state index contributed by atoms with van der Waals surface area (Å²) < 4.78 is 0. The van der Waals surface area contributed by atoms with E-state index in [2.05, 4.69) is 48.5 Å². The average molecular weight is 754 g/mol. The zero-order valence-electron chi connectivity index (χ0n) is 33.2. The van der Waals surface area contributed by atoms with Crippen molar-refractivity contribution in [2.24, 2.45) is 40.1 Å². The van der Waals surface area contributed by atoms with Gasteiger partial charge in [0.05, 0.1) is 0 Å². The van der Waals surface area contributed by atoms with Crippen molar-refractivity contribution in [3.8, 4) is 0 Å². The third-order valence-electron chi connectivity index (χ3n) is 4.27. The second-order valence-corrected chi connectivity index (χ2v) is 9.56. The molecule has 0 radical (unpaired) electrons. The van der Waals surface area contributed by atoms with E-state index in [1.807, 2.05) is 0 Å². The molecule has 0 fully saturated rings. The second-order valence-electron chi connectivity index (χ2n) is 9.56. The van der Waals surface area contributed by atoms with Crippen LogP contribution in [0.15, 0.2) is 0 Å². The van der Waals surface area contributed by atoms with Crippen LogP contribution in [0.25, 0.3) is 0 Å². The summed E-state index contributed by atoms with van der Waals surface area (Å²) in [6, 6.07) is 0. The first-order valence-electron chi connectivity index (χ1n) is 17.8. The van der Waals surface area contributed by atoms with Crippen LogP contribution in [-0.4, -0.2) is 113 Å². The molecule has 19 heteroatoms. The molecule has 0 rings (SSSR count). The third kappa shape index (κ3) is 258. The largest absolute Gasteiger partial charge is 0.631 e. The Morgan fingerprint density at radius 3 is 0.412 bits per heavy atom. The second kappa shape index (κ2) is 91.5. The van der Waals surface area contributed by atoms with Gasteiger partial charge in [0.1, 0.15) is 0 Å². The summed E-state index contributed by atoms with van der Waals surface area (Å²) in [6.07, 6.45) is 16.7. The molecule has 0 unspecified atom stereocenters. The van der Waals surface area contributed by atoms with Crippen LogP contribution in [0.2, 0.25) is 0 Å². The summed E-state index contributed by atoms with van der Waals surface area (Å²) in [4.78, 5) is 36.4. The maximum Gasteiger partial charge on any atom is 0.631 e. The number of nitrogens with two attached hydrogens (primary N) is 7. The van der Waals surface area contributed by atoms with Crippen LogP contribution in [-0.2, 0) is 19.2 Å². The Hall–Kier alpha value is -2.46. The molecule has 0 heterocycles. The van der Waals surface area contributed by atoms with E-state index in [-0.39, 0.29) is 0 Å². The highest BCUT2D eigenvalue weighted by Gasteiger charge is 2.04. The molecule has 0 aromatic rings. The normalized spacial score (nSPS) is 8.02. The summed E-state index contributed by atoms with van der Waals surface area (Å²) in [5, 5.41) is 51.1. The fraction of sp³-hybridized carbons (Fsp3) is 0.875. The molecule has 0 aliphatic rings. The molecule has 0 aliphatic carbocycles. The molecule has 0 amide bonds.